The first-order chi connectivity index (χ1) is 10.7. The molecule has 1 aromatic heterocycles. The number of aliphatic imine (C=N–C) groups is 1. The van der Waals surface area contributed by atoms with Gasteiger partial charge in [0.2, 0.25) is 5.89 Å². The molecule has 126 valence electrons. The number of methoxy groups -OCH3 is 1. The van der Waals surface area contributed by atoms with Crippen LogP contribution < -0.4 is 15.4 Å². The highest BCUT2D eigenvalue weighted by atomic mass is 127. The third-order valence-electron chi connectivity index (χ3n) is 3.08. The van der Waals surface area contributed by atoms with Crippen molar-refractivity contribution in [2.45, 2.75) is 19.9 Å². The van der Waals surface area contributed by atoms with E-state index in [1.54, 1.807) is 21.1 Å². The van der Waals surface area contributed by atoms with Crippen LogP contribution in [0.4, 0.5) is 0 Å². The normalized spacial score (nSPS) is 10.8. The molecule has 0 aliphatic carbocycles. The van der Waals surface area contributed by atoms with Crippen molar-refractivity contribution in [3.63, 3.8) is 0 Å². The average molecular weight is 431 g/mol. The van der Waals surface area contributed by atoms with Gasteiger partial charge in [0.05, 0.1) is 13.7 Å². The summed E-state index contributed by atoms with van der Waals surface area (Å²) in [4.78, 5) is 8.28. The highest BCUT2D eigenvalue weighted by Crippen LogP contribution is 2.17. The van der Waals surface area contributed by atoms with E-state index in [-0.39, 0.29) is 24.0 Å². The quantitative estimate of drug-likeness (QED) is 0.413. The van der Waals surface area contributed by atoms with Crippen LogP contribution in [0.1, 0.15) is 17.3 Å². The highest BCUT2D eigenvalue weighted by molar-refractivity contribution is 14.0. The molecule has 0 bridgehead atoms. The number of hydrogen-bond acceptors (Lipinski definition) is 5. The number of ether oxygens (including phenoxy) is 1. The lowest BCUT2D eigenvalue weighted by atomic mass is 10.1. The Hall–Kier alpha value is -1.84. The fourth-order valence-electron chi connectivity index (χ4n) is 2.02. The molecule has 7 nitrogen and oxygen atoms in total. The van der Waals surface area contributed by atoms with Gasteiger partial charge in [0, 0.05) is 13.6 Å². The summed E-state index contributed by atoms with van der Waals surface area (Å²) in [5.74, 6) is 2.74. The minimum atomic E-state index is 0. The Kier molecular flexibility index (Phi) is 8.38. The van der Waals surface area contributed by atoms with E-state index >= 15 is 0 Å². The molecule has 0 spiro atoms. The second-order valence-electron chi connectivity index (χ2n) is 4.65. The predicted octanol–water partition coefficient (Wildman–Crippen LogP) is 1.91. The number of halogens is 1. The van der Waals surface area contributed by atoms with Crippen LogP contribution in [0.2, 0.25) is 0 Å². The van der Waals surface area contributed by atoms with Crippen LogP contribution in [-0.4, -0.2) is 36.8 Å². The first-order valence-corrected chi connectivity index (χ1v) is 7.08. The zero-order chi connectivity index (χ0) is 15.8. The third-order valence-corrected chi connectivity index (χ3v) is 3.08. The van der Waals surface area contributed by atoms with Gasteiger partial charge in [0.25, 0.3) is 0 Å². The van der Waals surface area contributed by atoms with Crippen molar-refractivity contribution in [1.29, 1.82) is 0 Å². The van der Waals surface area contributed by atoms with Gasteiger partial charge in [-0.2, -0.15) is 4.98 Å². The van der Waals surface area contributed by atoms with Gasteiger partial charge < -0.3 is 19.9 Å². The number of nitrogens with zero attached hydrogens (tertiary/aromatic N) is 3. The number of hydrogen-bond donors (Lipinski definition) is 2. The predicted molar refractivity (Wildman–Crippen MR) is 99.3 cm³/mol. The lowest BCUT2D eigenvalue weighted by Crippen LogP contribution is -2.37. The van der Waals surface area contributed by atoms with Crippen molar-refractivity contribution < 1.29 is 9.26 Å². The maximum Gasteiger partial charge on any atom is 0.246 e. The minimum Gasteiger partial charge on any atom is -0.496 e. The number of aromatic nitrogens is 2. The van der Waals surface area contributed by atoms with Crippen LogP contribution in [0.5, 0.6) is 5.75 Å². The number of nitrogens with one attached hydrogen (secondary N) is 2. The largest absolute Gasteiger partial charge is 0.496 e. The van der Waals surface area contributed by atoms with Gasteiger partial charge >= 0.3 is 0 Å². The molecular formula is C15H22IN5O2. The second-order valence-corrected chi connectivity index (χ2v) is 4.65. The number of para-hydroxylation sites is 1. The van der Waals surface area contributed by atoms with Crippen molar-refractivity contribution >= 4 is 29.9 Å². The van der Waals surface area contributed by atoms with E-state index < -0.39 is 0 Å². The van der Waals surface area contributed by atoms with Crippen LogP contribution in [0.25, 0.3) is 0 Å². The molecule has 0 aliphatic rings. The molecule has 1 heterocycles. The van der Waals surface area contributed by atoms with Crippen LogP contribution in [-0.2, 0) is 13.0 Å². The van der Waals surface area contributed by atoms with Gasteiger partial charge in [0.1, 0.15) is 5.75 Å². The minimum absolute atomic E-state index is 0. The van der Waals surface area contributed by atoms with E-state index in [1.165, 1.54) is 0 Å². The molecule has 0 radical (unpaired) electrons. The monoisotopic (exact) mass is 431 g/mol. The first-order valence-electron chi connectivity index (χ1n) is 7.08. The average Bonchev–Trinajstić information content (AvgIpc) is 2.96. The molecule has 1 aromatic carbocycles. The topological polar surface area (TPSA) is 84.6 Å². The Bertz CT molecular complexity index is 630. The van der Waals surface area contributed by atoms with E-state index in [0.717, 1.165) is 24.3 Å². The van der Waals surface area contributed by atoms with Gasteiger partial charge in [-0.1, -0.05) is 23.4 Å². The van der Waals surface area contributed by atoms with Gasteiger partial charge in [0.15, 0.2) is 11.8 Å². The van der Waals surface area contributed by atoms with Gasteiger partial charge in [-0.15, -0.1) is 24.0 Å². The molecule has 2 aromatic rings. The molecule has 0 unspecified atom stereocenters. The number of rotatable bonds is 6. The molecule has 0 saturated heterocycles. The zero-order valence-electron chi connectivity index (χ0n) is 13.5. The summed E-state index contributed by atoms with van der Waals surface area (Å²) in [5.41, 5.74) is 1.15. The number of guanidine groups is 1. The van der Waals surface area contributed by atoms with Gasteiger partial charge in [-0.25, -0.2) is 0 Å². The standard InChI is InChI=1S/C15H21N5O2.HI/c1-11-19-14(22-20-11)10-18-15(16-2)17-9-8-12-6-4-5-7-13(12)21-3;/h4-7H,8-10H2,1-3H3,(H2,16,17,18);1H. The second kappa shape index (κ2) is 10.0. The lowest BCUT2D eigenvalue weighted by molar-refractivity contribution is 0.371. The fourth-order valence-corrected chi connectivity index (χ4v) is 2.02. The van der Waals surface area contributed by atoms with Gasteiger partial charge in [-0.3, -0.25) is 4.99 Å². The first kappa shape index (κ1) is 19.2. The van der Waals surface area contributed by atoms with Gasteiger partial charge in [-0.05, 0) is 25.0 Å². The van der Waals surface area contributed by atoms with E-state index in [1.807, 2.05) is 18.2 Å². The lowest BCUT2D eigenvalue weighted by Gasteiger charge is -2.12. The molecule has 0 amide bonds. The van der Waals surface area contributed by atoms with Crippen LogP contribution in [0.15, 0.2) is 33.8 Å². The Morgan fingerprint density at radius 1 is 1.30 bits per heavy atom. The van der Waals surface area contributed by atoms with E-state index in [0.29, 0.717) is 24.2 Å². The van der Waals surface area contributed by atoms with Crippen LogP contribution in [0, 0.1) is 6.92 Å². The summed E-state index contributed by atoms with van der Waals surface area (Å²) in [7, 11) is 3.40. The van der Waals surface area contributed by atoms with Crippen molar-refractivity contribution in [2.75, 3.05) is 20.7 Å². The molecule has 0 fully saturated rings. The number of benzene rings is 1. The molecule has 0 saturated carbocycles. The maximum absolute atomic E-state index is 5.34. The van der Waals surface area contributed by atoms with Crippen LogP contribution >= 0.6 is 24.0 Å². The molecule has 23 heavy (non-hydrogen) atoms. The third kappa shape index (κ3) is 6.05. The summed E-state index contributed by atoms with van der Waals surface area (Å²) in [5, 5.41) is 10.1. The Labute approximate surface area is 152 Å². The maximum atomic E-state index is 5.34. The SMILES string of the molecule is CN=C(NCCc1ccccc1OC)NCc1nc(C)no1.I. The Balaban J connectivity index is 0.00000264. The summed E-state index contributed by atoms with van der Waals surface area (Å²) in [6, 6.07) is 7.98. The summed E-state index contributed by atoms with van der Waals surface area (Å²) < 4.78 is 10.4. The molecule has 2 N–H and O–H groups in total. The summed E-state index contributed by atoms with van der Waals surface area (Å²) in [6.45, 7) is 2.96. The zero-order valence-corrected chi connectivity index (χ0v) is 15.8. The van der Waals surface area contributed by atoms with E-state index in [2.05, 4.69) is 31.8 Å². The summed E-state index contributed by atoms with van der Waals surface area (Å²) >= 11 is 0. The van der Waals surface area contributed by atoms with E-state index in [4.69, 9.17) is 9.26 Å². The highest BCUT2D eigenvalue weighted by Gasteiger charge is 2.05. The van der Waals surface area contributed by atoms with E-state index in [9.17, 15) is 0 Å². The van der Waals surface area contributed by atoms with Crippen molar-refractivity contribution in [3.05, 3.63) is 41.5 Å². The molecule has 8 heteroatoms. The molecule has 0 atom stereocenters. The molecule has 2 rings (SSSR count). The van der Waals surface area contributed by atoms with Crippen molar-refractivity contribution in [1.82, 2.24) is 20.8 Å². The summed E-state index contributed by atoms with van der Waals surface area (Å²) in [6.07, 6.45) is 0.838. The number of aryl methyl sites for hydroxylation is 1. The van der Waals surface area contributed by atoms with Crippen molar-refractivity contribution in [3.8, 4) is 5.75 Å². The molecule has 0 aliphatic heterocycles. The van der Waals surface area contributed by atoms with Crippen molar-refractivity contribution in [2.24, 2.45) is 4.99 Å². The molecular weight excluding hydrogens is 409 g/mol. The smallest absolute Gasteiger partial charge is 0.246 e. The Morgan fingerprint density at radius 3 is 2.74 bits per heavy atom. The fraction of sp³-hybridized carbons (Fsp3) is 0.400. The van der Waals surface area contributed by atoms with Crippen LogP contribution in [0.3, 0.4) is 0 Å². The Morgan fingerprint density at radius 2 is 2.09 bits per heavy atom.